The zero-order valence-corrected chi connectivity index (χ0v) is 10.6. The molecule has 0 fully saturated rings. The molecular formula is C10H20O3Si. The van der Waals surface area contributed by atoms with Crippen LogP contribution in [0.15, 0.2) is 12.2 Å². The van der Waals surface area contributed by atoms with Crippen molar-refractivity contribution >= 4 is 14.3 Å². The molecule has 0 saturated heterocycles. The summed E-state index contributed by atoms with van der Waals surface area (Å²) in [5, 5.41) is 0. The van der Waals surface area contributed by atoms with E-state index in [0.29, 0.717) is 11.8 Å². The zero-order valence-electron chi connectivity index (χ0n) is 9.55. The molecule has 0 radical (unpaired) electrons. The SMILES string of the molecule is C=C(C)C(=O)OC[Si](C)(CCC)OC. The van der Waals surface area contributed by atoms with Crippen molar-refractivity contribution in [3.63, 3.8) is 0 Å². The highest BCUT2D eigenvalue weighted by atomic mass is 28.4. The highest BCUT2D eigenvalue weighted by Gasteiger charge is 2.28. The normalized spacial score (nSPS) is 14.6. The summed E-state index contributed by atoms with van der Waals surface area (Å²) in [6, 6.07) is 1.01. The molecule has 0 aromatic heterocycles. The van der Waals surface area contributed by atoms with Crippen LogP contribution in [0.3, 0.4) is 0 Å². The lowest BCUT2D eigenvalue weighted by atomic mass is 10.4. The Bertz CT molecular complexity index is 215. The first-order valence-corrected chi connectivity index (χ1v) is 7.65. The van der Waals surface area contributed by atoms with Gasteiger partial charge in [0.05, 0.1) is 0 Å². The highest BCUT2D eigenvalue weighted by Crippen LogP contribution is 2.13. The van der Waals surface area contributed by atoms with E-state index in [1.165, 1.54) is 0 Å². The summed E-state index contributed by atoms with van der Waals surface area (Å²) in [5.41, 5.74) is 0.439. The van der Waals surface area contributed by atoms with Crippen molar-refractivity contribution in [2.45, 2.75) is 32.9 Å². The summed E-state index contributed by atoms with van der Waals surface area (Å²) in [4.78, 5) is 11.2. The maximum absolute atomic E-state index is 11.2. The van der Waals surface area contributed by atoms with Crippen molar-refractivity contribution in [3.8, 4) is 0 Å². The molecule has 0 aromatic rings. The Labute approximate surface area is 87.2 Å². The molecule has 14 heavy (non-hydrogen) atoms. The number of hydrogen-bond acceptors (Lipinski definition) is 3. The minimum absolute atomic E-state index is 0.322. The van der Waals surface area contributed by atoms with Crippen molar-refractivity contribution in [3.05, 3.63) is 12.2 Å². The van der Waals surface area contributed by atoms with Crippen LogP contribution >= 0.6 is 0 Å². The number of carbonyl (C=O) groups is 1. The molecule has 1 atom stereocenters. The predicted molar refractivity (Wildman–Crippen MR) is 59.5 cm³/mol. The molecule has 82 valence electrons. The minimum atomic E-state index is -1.82. The molecule has 0 N–H and O–H groups in total. The van der Waals surface area contributed by atoms with Crippen LogP contribution in [0.5, 0.6) is 0 Å². The van der Waals surface area contributed by atoms with Crippen LogP contribution in [0, 0.1) is 0 Å². The van der Waals surface area contributed by atoms with Crippen molar-refractivity contribution < 1.29 is 14.0 Å². The molecular weight excluding hydrogens is 196 g/mol. The number of rotatable bonds is 6. The quantitative estimate of drug-likeness (QED) is 0.388. The van der Waals surface area contributed by atoms with Gasteiger partial charge in [-0.2, -0.15) is 0 Å². The molecule has 0 rings (SSSR count). The van der Waals surface area contributed by atoms with Gasteiger partial charge in [0.1, 0.15) is 6.23 Å². The van der Waals surface area contributed by atoms with Gasteiger partial charge in [0.2, 0.25) is 8.32 Å². The molecule has 0 aliphatic carbocycles. The molecule has 0 saturated carbocycles. The third-order valence-corrected chi connectivity index (χ3v) is 5.43. The van der Waals surface area contributed by atoms with Crippen molar-refractivity contribution in [1.29, 1.82) is 0 Å². The Balaban J connectivity index is 4.07. The lowest BCUT2D eigenvalue weighted by Crippen LogP contribution is -2.40. The van der Waals surface area contributed by atoms with Crippen LogP contribution in [0.25, 0.3) is 0 Å². The van der Waals surface area contributed by atoms with Crippen LogP contribution in [0.2, 0.25) is 12.6 Å². The third-order valence-electron chi connectivity index (χ3n) is 2.13. The zero-order chi connectivity index (χ0) is 11.2. The fraction of sp³-hybridized carbons (Fsp3) is 0.700. The number of esters is 1. The fourth-order valence-electron chi connectivity index (χ4n) is 1.10. The lowest BCUT2D eigenvalue weighted by Gasteiger charge is -2.24. The van der Waals surface area contributed by atoms with Crippen molar-refractivity contribution in [1.82, 2.24) is 0 Å². The van der Waals surface area contributed by atoms with E-state index in [4.69, 9.17) is 9.16 Å². The van der Waals surface area contributed by atoms with Gasteiger partial charge in [0, 0.05) is 12.7 Å². The van der Waals surface area contributed by atoms with Gasteiger partial charge in [-0.1, -0.05) is 19.9 Å². The smallest absolute Gasteiger partial charge is 0.332 e. The maximum atomic E-state index is 11.2. The van der Waals surface area contributed by atoms with Gasteiger partial charge in [-0.3, -0.25) is 0 Å². The van der Waals surface area contributed by atoms with E-state index in [2.05, 4.69) is 20.0 Å². The second kappa shape index (κ2) is 5.98. The molecule has 3 nitrogen and oxygen atoms in total. The second-order valence-electron chi connectivity index (χ2n) is 3.76. The first-order valence-electron chi connectivity index (χ1n) is 4.83. The van der Waals surface area contributed by atoms with Gasteiger partial charge in [-0.25, -0.2) is 4.79 Å². The van der Waals surface area contributed by atoms with E-state index >= 15 is 0 Å². The standard InChI is InChI=1S/C10H20O3Si/c1-6-7-14(5,12-4)8-13-10(11)9(2)3/h2,6-8H2,1,3-5H3. The largest absolute Gasteiger partial charge is 0.463 e. The molecule has 0 aliphatic heterocycles. The molecule has 0 heterocycles. The second-order valence-corrected chi connectivity index (χ2v) is 7.86. The summed E-state index contributed by atoms with van der Waals surface area (Å²) in [6.07, 6.45) is 1.48. The van der Waals surface area contributed by atoms with E-state index in [1.807, 2.05) is 0 Å². The molecule has 0 amide bonds. The van der Waals surface area contributed by atoms with E-state index in [9.17, 15) is 4.79 Å². The Morgan fingerprint density at radius 1 is 1.50 bits per heavy atom. The Hall–Kier alpha value is -0.613. The van der Waals surface area contributed by atoms with Gasteiger partial charge < -0.3 is 9.16 Å². The minimum Gasteiger partial charge on any atom is -0.463 e. The average Bonchev–Trinajstić information content (AvgIpc) is 2.14. The van der Waals surface area contributed by atoms with Crippen molar-refractivity contribution in [2.24, 2.45) is 0 Å². The van der Waals surface area contributed by atoms with Crippen molar-refractivity contribution in [2.75, 3.05) is 13.3 Å². The highest BCUT2D eigenvalue weighted by molar-refractivity contribution is 6.72. The average molecular weight is 216 g/mol. The van der Waals surface area contributed by atoms with Crippen LogP contribution in [-0.4, -0.2) is 27.6 Å². The topological polar surface area (TPSA) is 35.5 Å². The van der Waals surface area contributed by atoms with Gasteiger partial charge in [-0.05, 0) is 19.5 Å². The van der Waals surface area contributed by atoms with Gasteiger partial charge in [0.15, 0.2) is 0 Å². The van der Waals surface area contributed by atoms with E-state index < -0.39 is 8.32 Å². The monoisotopic (exact) mass is 216 g/mol. The Morgan fingerprint density at radius 3 is 2.43 bits per heavy atom. The molecule has 0 aliphatic rings. The number of hydrogen-bond donors (Lipinski definition) is 0. The first kappa shape index (κ1) is 13.4. The maximum Gasteiger partial charge on any atom is 0.332 e. The molecule has 1 unspecified atom stereocenters. The summed E-state index contributed by atoms with van der Waals surface area (Å²) in [6.45, 7) is 9.35. The van der Waals surface area contributed by atoms with E-state index in [-0.39, 0.29) is 5.97 Å². The summed E-state index contributed by atoms with van der Waals surface area (Å²) >= 11 is 0. The summed E-state index contributed by atoms with van der Waals surface area (Å²) < 4.78 is 10.6. The lowest BCUT2D eigenvalue weighted by molar-refractivity contribution is -0.137. The van der Waals surface area contributed by atoms with E-state index in [0.717, 1.165) is 12.5 Å². The molecule has 4 heteroatoms. The first-order chi connectivity index (χ1) is 6.45. The van der Waals surface area contributed by atoms with Crippen LogP contribution < -0.4 is 0 Å². The summed E-state index contributed by atoms with van der Waals surface area (Å²) in [5.74, 6) is -0.322. The van der Waals surface area contributed by atoms with E-state index in [1.54, 1.807) is 14.0 Å². The number of ether oxygens (including phenoxy) is 1. The van der Waals surface area contributed by atoms with Gasteiger partial charge in [-0.15, -0.1) is 0 Å². The van der Waals surface area contributed by atoms with Gasteiger partial charge >= 0.3 is 5.97 Å². The predicted octanol–water partition coefficient (Wildman–Crippen LogP) is 2.28. The Kier molecular flexibility index (Phi) is 5.72. The molecule has 0 spiro atoms. The Morgan fingerprint density at radius 2 is 2.07 bits per heavy atom. The third kappa shape index (κ3) is 4.57. The molecule has 0 bridgehead atoms. The van der Waals surface area contributed by atoms with Crippen LogP contribution in [-0.2, 0) is 14.0 Å². The summed E-state index contributed by atoms with van der Waals surface area (Å²) in [7, 11) is -0.125. The van der Waals surface area contributed by atoms with Crippen LogP contribution in [0.4, 0.5) is 0 Å². The fourth-order valence-corrected chi connectivity index (χ4v) is 3.06. The van der Waals surface area contributed by atoms with Crippen LogP contribution in [0.1, 0.15) is 20.3 Å². The molecule has 0 aromatic carbocycles. The van der Waals surface area contributed by atoms with Gasteiger partial charge in [0.25, 0.3) is 0 Å². The number of carbonyl (C=O) groups excluding carboxylic acids is 1.